The molecule has 0 heterocycles. The molecule has 13 heavy (non-hydrogen) atoms. The van der Waals surface area contributed by atoms with Crippen LogP contribution in [0.4, 0.5) is 0 Å². The highest BCUT2D eigenvalue weighted by atomic mass is 16.1. The maximum atomic E-state index is 11.3. The van der Waals surface area contributed by atoms with Crippen LogP contribution in [0.3, 0.4) is 0 Å². The Hall–Kier alpha value is -1.44. The Morgan fingerprint density at radius 2 is 1.69 bits per heavy atom. The van der Waals surface area contributed by atoms with Gasteiger partial charge in [-0.25, -0.2) is 0 Å². The first-order valence-electron chi connectivity index (χ1n) is 4.26. The fourth-order valence-electron chi connectivity index (χ4n) is 1.06. The first-order chi connectivity index (χ1) is 6.20. The molecule has 0 unspecified atom stereocenters. The normalized spacial score (nSPS) is 27.6. The molecule has 0 N–H and O–H groups in total. The fourth-order valence-corrected chi connectivity index (χ4v) is 1.06. The molecule has 0 bridgehead atoms. The Kier molecular flexibility index (Phi) is 3.38. The van der Waals surface area contributed by atoms with Crippen LogP contribution in [0.1, 0.15) is 19.8 Å². The van der Waals surface area contributed by atoms with E-state index in [-0.39, 0.29) is 11.6 Å². The highest BCUT2D eigenvalue weighted by molar-refractivity contribution is 6.03. The molecule has 0 spiro atoms. The SMILES string of the molecule is C/C1=C/C(=O)C/C=C\C=C/CC1=O. The highest BCUT2D eigenvalue weighted by Crippen LogP contribution is 2.03. The van der Waals surface area contributed by atoms with Crippen LogP contribution in [-0.2, 0) is 9.59 Å². The number of hydrogen-bond acceptors (Lipinski definition) is 2. The third-order valence-corrected chi connectivity index (χ3v) is 1.82. The zero-order chi connectivity index (χ0) is 9.68. The largest absolute Gasteiger partial charge is 0.294 e. The minimum atomic E-state index is -0.0163. The van der Waals surface area contributed by atoms with Gasteiger partial charge in [-0.1, -0.05) is 24.3 Å². The van der Waals surface area contributed by atoms with Crippen molar-refractivity contribution in [1.82, 2.24) is 0 Å². The molecule has 0 amide bonds. The van der Waals surface area contributed by atoms with Crippen LogP contribution in [0, 0.1) is 0 Å². The number of Topliss-reactive ketones (excluding diaryl/α,β-unsaturated/α-hetero) is 1. The lowest BCUT2D eigenvalue weighted by Crippen LogP contribution is -2.01. The van der Waals surface area contributed by atoms with Gasteiger partial charge < -0.3 is 0 Å². The van der Waals surface area contributed by atoms with E-state index in [0.29, 0.717) is 18.4 Å². The van der Waals surface area contributed by atoms with E-state index >= 15 is 0 Å². The summed E-state index contributed by atoms with van der Waals surface area (Å²) in [6.07, 6.45) is 9.34. The average molecular weight is 176 g/mol. The van der Waals surface area contributed by atoms with Crippen LogP contribution in [0.25, 0.3) is 0 Å². The molecule has 1 aliphatic carbocycles. The molecule has 0 fully saturated rings. The first kappa shape index (κ1) is 9.65. The second-order valence-electron chi connectivity index (χ2n) is 2.98. The van der Waals surface area contributed by atoms with Gasteiger partial charge in [0.1, 0.15) is 0 Å². The minimum absolute atomic E-state index is 0.0138. The zero-order valence-electron chi connectivity index (χ0n) is 7.62. The summed E-state index contributed by atoms with van der Waals surface area (Å²) in [6, 6.07) is 0. The Labute approximate surface area is 77.6 Å². The van der Waals surface area contributed by atoms with Gasteiger partial charge in [0, 0.05) is 12.8 Å². The summed E-state index contributed by atoms with van der Waals surface area (Å²) < 4.78 is 0. The molecular weight excluding hydrogens is 164 g/mol. The maximum absolute atomic E-state index is 11.3. The van der Waals surface area contributed by atoms with Crippen LogP contribution in [0.5, 0.6) is 0 Å². The second-order valence-corrected chi connectivity index (χ2v) is 2.98. The van der Waals surface area contributed by atoms with Gasteiger partial charge in [-0.2, -0.15) is 0 Å². The van der Waals surface area contributed by atoms with Crippen molar-refractivity contribution < 1.29 is 9.59 Å². The summed E-state index contributed by atoms with van der Waals surface area (Å²) >= 11 is 0. The lowest BCUT2D eigenvalue weighted by molar-refractivity contribution is -0.116. The summed E-state index contributed by atoms with van der Waals surface area (Å²) in [5.41, 5.74) is 0.546. The standard InChI is InChI=1S/C11H12O2/c1-9-8-10(12)6-4-2-3-5-7-11(9)13/h2-5,8H,6-7H2,1H3/b4-2-,5-3-,9-8-. The molecule has 68 valence electrons. The van der Waals surface area contributed by atoms with E-state index in [9.17, 15) is 9.59 Å². The van der Waals surface area contributed by atoms with Crippen molar-refractivity contribution in [2.75, 3.05) is 0 Å². The zero-order valence-corrected chi connectivity index (χ0v) is 7.62. The average Bonchev–Trinajstić information content (AvgIpc) is 2.09. The number of allylic oxidation sites excluding steroid dienone is 6. The third kappa shape index (κ3) is 3.20. The molecule has 1 rings (SSSR count). The monoisotopic (exact) mass is 176 g/mol. The Bertz CT molecular complexity index is 306. The molecule has 0 aromatic heterocycles. The maximum Gasteiger partial charge on any atom is 0.162 e. The van der Waals surface area contributed by atoms with Crippen LogP contribution in [0.2, 0.25) is 0 Å². The van der Waals surface area contributed by atoms with Crippen molar-refractivity contribution in [3.05, 3.63) is 36.0 Å². The number of carbonyl (C=O) groups excluding carboxylic acids is 2. The topological polar surface area (TPSA) is 34.1 Å². The summed E-state index contributed by atoms with van der Waals surface area (Å²) in [5, 5.41) is 0. The molecule has 0 saturated carbocycles. The molecule has 2 heteroatoms. The van der Waals surface area contributed by atoms with Crippen molar-refractivity contribution in [3.8, 4) is 0 Å². The van der Waals surface area contributed by atoms with E-state index in [2.05, 4.69) is 0 Å². The summed E-state index contributed by atoms with van der Waals surface area (Å²) in [5.74, 6) is -0.00250. The Balaban J connectivity index is 2.87. The van der Waals surface area contributed by atoms with E-state index in [1.165, 1.54) is 6.08 Å². The van der Waals surface area contributed by atoms with Gasteiger partial charge in [0.15, 0.2) is 11.6 Å². The van der Waals surface area contributed by atoms with Gasteiger partial charge >= 0.3 is 0 Å². The number of hydrogen-bond donors (Lipinski definition) is 0. The molecule has 0 radical (unpaired) electrons. The quantitative estimate of drug-likeness (QED) is 0.565. The van der Waals surface area contributed by atoms with Crippen molar-refractivity contribution in [3.63, 3.8) is 0 Å². The minimum Gasteiger partial charge on any atom is -0.294 e. The van der Waals surface area contributed by atoms with E-state index in [4.69, 9.17) is 0 Å². The van der Waals surface area contributed by atoms with Crippen LogP contribution < -0.4 is 0 Å². The molecule has 0 atom stereocenters. The number of ketones is 2. The second kappa shape index (κ2) is 4.55. The van der Waals surface area contributed by atoms with E-state index in [0.717, 1.165) is 0 Å². The summed E-state index contributed by atoms with van der Waals surface area (Å²) in [6.45, 7) is 1.68. The number of carbonyl (C=O) groups is 2. The predicted molar refractivity (Wildman–Crippen MR) is 51.3 cm³/mol. The van der Waals surface area contributed by atoms with Crippen LogP contribution in [-0.4, -0.2) is 11.6 Å². The summed E-state index contributed by atoms with van der Waals surface area (Å²) in [7, 11) is 0. The Morgan fingerprint density at radius 3 is 2.38 bits per heavy atom. The predicted octanol–water partition coefficient (Wildman–Crippen LogP) is 1.98. The summed E-state index contributed by atoms with van der Waals surface area (Å²) in [4.78, 5) is 22.4. The smallest absolute Gasteiger partial charge is 0.162 e. The molecule has 0 aliphatic heterocycles. The molecule has 0 aromatic carbocycles. The van der Waals surface area contributed by atoms with Gasteiger partial charge in [-0.15, -0.1) is 0 Å². The van der Waals surface area contributed by atoms with Gasteiger partial charge in [0.2, 0.25) is 0 Å². The first-order valence-corrected chi connectivity index (χ1v) is 4.26. The van der Waals surface area contributed by atoms with Crippen molar-refractivity contribution in [2.24, 2.45) is 0 Å². The van der Waals surface area contributed by atoms with Gasteiger partial charge in [0.25, 0.3) is 0 Å². The van der Waals surface area contributed by atoms with Gasteiger partial charge in [0.05, 0.1) is 0 Å². The van der Waals surface area contributed by atoms with E-state index in [1.54, 1.807) is 31.2 Å². The third-order valence-electron chi connectivity index (χ3n) is 1.82. The molecular formula is C11H12O2. The van der Waals surface area contributed by atoms with Crippen molar-refractivity contribution >= 4 is 11.6 Å². The number of rotatable bonds is 0. The lowest BCUT2D eigenvalue weighted by Gasteiger charge is -1.97. The fraction of sp³-hybridized carbons (Fsp3) is 0.273. The molecule has 0 aromatic rings. The lowest BCUT2D eigenvalue weighted by atomic mass is 10.1. The molecule has 1 aliphatic rings. The van der Waals surface area contributed by atoms with Crippen molar-refractivity contribution in [1.29, 1.82) is 0 Å². The molecule has 2 nitrogen and oxygen atoms in total. The Morgan fingerprint density at radius 1 is 1.08 bits per heavy atom. The van der Waals surface area contributed by atoms with E-state index in [1.807, 2.05) is 0 Å². The van der Waals surface area contributed by atoms with Gasteiger partial charge in [-0.05, 0) is 18.6 Å². The van der Waals surface area contributed by atoms with Crippen LogP contribution >= 0.6 is 0 Å². The van der Waals surface area contributed by atoms with E-state index < -0.39 is 0 Å². The van der Waals surface area contributed by atoms with Crippen molar-refractivity contribution in [2.45, 2.75) is 19.8 Å². The molecule has 0 saturated heterocycles. The highest BCUT2D eigenvalue weighted by Gasteiger charge is 2.04. The van der Waals surface area contributed by atoms with Crippen LogP contribution in [0.15, 0.2) is 36.0 Å². The van der Waals surface area contributed by atoms with Gasteiger partial charge in [-0.3, -0.25) is 9.59 Å².